The molecule has 0 unspecified atom stereocenters. The third-order valence-electron chi connectivity index (χ3n) is 11.4. The van der Waals surface area contributed by atoms with Crippen LogP contribution in [0.2, 0.25) is 0 Å². The van der Waals surface area contributed by atoms with Crippen LogP contribution >= 0.6 is 14.3 Å². The average molecular weight is 1300 g/mol. The van der Waals surface area contributed by atoms with Crippen LogP contribution in [-0.4, -0.2) is 47.5 Å². The molecule has 0 fully saturated rings. The number of alkyl halides is 6. The first-order valence-corrected chi connectivity index (χ1v) is 36.8. The first kappa shape index (κ1) is 56.5. The van der Waals surface area contributed by atoms with Gasteiger partial charge in [0.15, 0.2) is 14.3 Å². The zero-order chi connectivity index (χ0) is 53.9. The molecule has 0 N–H and O–H groups in total. The molecule has 0 atom stereocenters. The van der Waals surface area contributed by atoms with Crippen molar-refractivity contribution in [2.75, 3.05) is 0 Å². The van der Waals surface area contributed by atoms with Crippen molar-refractivity contribution in [3.63, 3.8) is 0 Å². The van der Waals surface area contributed by atoms with Gasteiger partial charge in [0.1, 0.15) is 0 Å². The number of hydrogen-bond acceptors (Lipinski definition) is 8. The van der Waals surface area contributed by atoms with Gasteiger partial charge in [-0.05, 0) is 0 Å². The predicted octanol–water partition coefficient (Wildman–Crippen LogP) is 9.49. The average Bonchev–Trinajstić information content (AvgIpc) is 3.48. The van der Waals surface area contributed by atoms with Crippen molar-refractivity contribution in [3.05, 3.63) is 273 Å². The molecule has 8 nitrogen and oxygen atoms in total. The summed E-state index contributed by atoms with van der Waals surface area (Å²) < 4.78 is 167. The van der Waals surface area contributed by atoms with Gasteiger partial charge in [0.2, 0.25) is 0 Å². The Kier molecular flexibility index (Phi) is 17.5. The quantitative estimate of drug-likeness (QED) is 0.0485. The fraction of sp³-hybridized carbons (Fsp3) is 0.0357. The summed E-state index contributed by atoms with van der Waals surface area (Å²) in [5, 5.41) is 5.24. The molecular weight excluding hydrogens is 1250 g/mol. The van der Waals surface area contributed by atoms with Crippen molar-refractivity contribution < 1.29 is 56.8 Å². The Morgan fingerprint density at radius 2 is 0.427 bits per heavy atom. The van der Waals surface area contributed by atoms with Crippen LogP contribution in [0.3, 0.4) is 0 Å². The molecule has 0 saturated heterocycles. The third kappa shape index (κ3) is 11.8. The van der Waals surface area contributed by atoms with Crippen molar-refractivity contribution in [1.82, 2.24) is 0 Å². The molecule has 9 aromatic rings. The molecule has 0 saturated carbocycles. The molecule has 0 bridgehead atoms. The number of hydrogen-bond donors (Lipinski definition) is 0. The molecule has 75 heavy (non-hydrogen) atoms. The Labute approximate surface area is 433 Å². The second kappa shape index (κ2) is 23.3. The van der Waals surface area contributed by atoms with Crippen LogP contribution in [0.1, 0.15) is 0 Å². The molecule has 9 rings (SSSR count). The molecule has 0 aliphatic heterocycles. The third-order valence-corrected chi connectivity index (χ3v) is 45.3. The Morgan fingerprint density at radius 1 is 0.280 bits per heavy atom. The van der Waals surface area contributed by atoms with Crippen LogP contribution in [0.25, 0.3) is 0 Å². The van der Waals surface area contributed by atoms with Crippen LogP contribution in [0, 0.1) is 0 Å². The first-order chi connectivity index (χ1) is 35.7. The Balaban J connectivity index is 0.000000175. The van der Waals surface area contributed by atoms with E-state index in [4.69, 9.17) is 4.52 Å². The maximum atomic E-state index is 13.8. The summed E-state index contributed by atoms with van der Waals surface area (Å²) in [6, 6.07) is 75.1. The van der Waals surface area contributed by atoms with Gasteiger partial charge in [-0.15, -0.1) is 0 Å². The minimum atomic E-state index is -8.03. The van der Waals surface area contributed by atoms with Gasteiger partial charge in [-0.25, -0.2) is 0 Å². The fourth-order valence-corrected chi connectivity index (χ4v) is 44.3. The molecule has 19 heteroatoms. The van der Waals surface area contributed by atoms with E-state index in [0.29, 0.717) is 0 Å². The summed E-state index contributed by atoms with van der Waals surface area (Å²) in [6.45, 7) is 0. The molecule has 0 aliphatic rings. The van der Waals surface area contributed by atoms with Crippen LogP contribution in [0.5, 0.6) is 0 Å². The second-order valence-corrected chi connectivity index (χ2v) is 41.7. The van der Waals surface area contributed by atoms with Gasteiger partial charge in [0, 0.05) is 31.8 Å². The molecule has 0 amide bonds. The van der Waals surface area contributed by atoms with E-state index in [1.807, 2.05) is 182 Å². The predicted molar refractivity (Wildman–Crippen MR) is 288 cm³/mol. The Bertz CT molecular complexity index is 3110. The van der Waals surface area contributed by atoms with Crippen LogP contribution in [0.4, 0.5) is 26.3 Å². The van der Waals surface area contributed by atoms with Gasteiger partial charge in [-0.2, -0.15) is 0 Å². The molecule has 386 valence electrons. The zero-order valence-electron chi connectivity index (χ0n) is 39.2. The Morgan fingerprint density at radius 3 is 0.573 bits per heavy atom. The van der Waals surface area contributed by atoms with Crippen molar-refractivity contribution in [3.8, 4) is 0 Å². The summed E-state index contributed by atoms with van der Waals surface area (Å²) in [5.74, 6) is 0. The first-order valence-electron chi connectivity index (χ1n) is 22.5. The van der Waals surface area contributed by atoms with E-state index in [0.717, 1.165) is 68.2 Å². The summed E-state index contributed by atoms with van der Waals surface area (Å²) >= 11 is -8.03. The SMILES string of the molecule is O=P(c1ccccc1)(c1ccccc1)c1ccccc1.O=P(c1ccccc1)(c1ccccc1)c1ccccc1.O=S(=O)([O][Bi]([O]S(=O)(=O)C(F)(F)F)([c]1ccccc1)([c]1ccccc1)[c]1ccccc1)C(F)(F)F. The summed E-state index contributed by atoms with van der Waals surface area (Å²) in [4.78, 5) is 0. The molecule has 0 radical (unpaired) electrons. The summed E-state index contributed by atoms with van der Waals surface area (Å²) in [6.07, 6.45) is 0. The van der Waals surface area contributed by atoms with Crippen molar-refractivity contribution in [2.24, 2.45) is 0 Å². The van der Waals surface area contributed by atoms with E-state index < -0.39 is 75.0 Å². The number of rotatable bonds is 13. The van der Waals surface area contributed by atoms with E-state index >= 15 is 0 Å². The van der Waals surface area contributed by atoms with E-state index in [1.165, 1.54) is 54.6 Å². The number of benzene rings is 9. The van der Waals surface area contributed by atoms with Gasteiger partial charge < -0.3 is 9.13 Å². The van der Waals surface area contributed by atoms with Gasteiger partial charge in [0.25, 0.3) is 0 Å². The Hall–Kier alpha value is -6.28. The van der Waals surface area contributed by atoms with E-state index in [1.54, 1.807) is 0 Å². The maximum absolute atomic E-state index is 13.8. The van der Waals surface area contributed by atoms with E-state index in [-0.39, 0.29) is 0 Å². The van der Waals surface area contributed by atoms with E-state index in [9.17, 15) is 52.3 Å². The van der Waals surface area contributed by atoms with Gasteiger partial charge in [-0.1, -0.05) is 182 Å². The standard InChI is InChI=1S/2C18H15OP.3C6H5.2CHF3O3S.Bi/c2*19-20(16-10-4-1-5-11-16,17-12-6-2-7-13-17)18-14-8-3-9-15-18;3*1-2-4-6-5-3-1;2*2-1(3,4)8(5,6)7;/h2*1-15H;3*1-5H;2*(H,5,6,7);/q;;;;;;;+2/p-2. The summed E-state index contributed by atoms with van der Waals surface area (Å²) in [7, 11) is -19.0. The fourth-order valence-electron chi connectivity index (χ4n) is 8.00. The van der Waals surface area contributed by atoms with Crippen LogP contribution in [-0.2, 0) is 33.9 Å². The monoisotopic (exact) mass is 1290 g/mol. The van der Waals surface area contributed by atoms with Crippen molar-refractivity contribution >= 4 is 95.8 Å². The van der Waals surface area contributed by atoms with Crippen molar-refractivity contribution in [1.29, 1.82) is 0 Å². The number of halogens is 6. The topological polar surface area (TPSA) is 121 Å². The molecule has 0 aliphatic carbocycles. The molecule has 0 heterocycles. The van der Waals surface area contributed by atoms with E-state index in [2.05, 4.69) is 0 Å². The molecule has 0 aromatic heterocycles. The van der Waals surface area contributed by atoms with Gasteiger partial charge >= 0.3 is 199 Å². The van der Waals surface area contributed by atoms with Crippen LogP contribution in [0.15, 0.2) is 273 Å². The molecule has 0 spiro atoms. The van der Waals surface area contributed by atoms with Gasteiger partial charge in [0.05, 0.1) is 0 Å². The van der Waals surface area contributed by atoms with Crippen LogP contribution < -0.4 is 41.6 Å². The van der Waals surface area contributed by atoms with Gasteiger partial charge in [-0.3, -0.25) is 0 Å². The normalized spacial score (nSPS) is 12.9. The molecular formula is C56H45BiF6O8P2S2. The second-order valence-electron chi connectivity index (χ2n) is 16.1. The zero-order valence-corrected chi connectivity index (χ0v) is 46.1. The minimum absolute atomic E-state index is 0.600. The van der Waals surface area contributed by atoms with Crippen molar-refractivity contribution in [2.45, 2.75) is 11.0 Å². The summed E-state index contributed by atoms with van der Waals surface area (Å²) in [5.41, 5.74) is -12.3. The molecule has 9 aromatic carbocycles.